The molecule has 0 rings (SSSR count). The average Bonchev–Trinajstić information content (AvgIpc) is 2.57. The molecule has 14 nitrogen and oxygen atoms in total. The first kappa shape index (κ1) is 28.1. The Bertz CT molecular complexity index is 508. The summed E-state index contributed by atoms with van der Waals surface area (Å²) < 4.78 is 0. The SMILES string of the molecule is NCCC(N(CCN(CC(=O)O)CC(=O)O)CCN(CC(=O)O)CC(=O)O)P(O)O. The number of nitrogens with two attached hydrogens (primary N) is 1. The summed E-state index contributed by atoms with van der Waals surface area (Å²) in [4.78, 5) is 67.1. The van der Waals surface area contributed by atoms with Crippen LogP contribution < -0.4 is 5.73 Å². The van der Waals surface area contributed by atoms with E-state index in [-0.39, 0.29) is 39.1 Å². The number of hydrogen-bond donors (Lipinski definition) is 7. The summed E-state index contributed by atoms with van der Waals surface area (Å²) in [6.07, 6.45) is 0.161. The van der Waals surface area contributed by atoms with Crippen LogP contribution in [0.5, 0.6) is 0 Å². The third kappa shape index (κ3) is 13.3. The van der Waals surface area contributed by atoms with E-state index < -0.39 is 64.2 Å². The van der Waals surface area contributed by atoms with Crippen LogP contribution in [0.15, 0.2) is 0 Å². The molecule has 0 amide bonds. The Morgan fingerprint density at radius 2 is 1.03 bits per heavy atom. The quantitative estimate of drug-likeness (QED) is 0.103. The zero-order valence-corrected chi connectivity index (χ0v) is 17.2. The Morgan fingerprint density at radius 1 is 0.700 bits per heavy atom. The molecule has 0 fully saturated rings. The lowest BCUT2D eigenvalue weighted by atomic mass is 10.3. The van der Waals surface area contributed by atoms with Crippen molar-refractivity contribution < 1.29 is 49.4 Å². The highest BCUT2D eigenvalue weighted by atomic mass is 31.2. The van der Waals surface area contributed by atoms with Crippen LogP contribution in [-0.2, 0) is 19.2 Å². The molecule has 0 heterocycles. The summed E-state index contributed by atoms with van der Waals surface area (Å²) in [6.45, 7) is -2.10. The summed E-state index contributed by atoms with van der Waals surface area (Å²) >= 11 is 0. The first-order valence-corrected chi connectivity index (χ1v) is 10.2. The lowest BCUT2D eigenvalue weighted by molar-refractivity contribution is -0.143. The second-order valence-electron chi connectivity index (χ2n) is 6.41. The summed E-state index contributed by atoms with van der Waals surface area (Å²) in [5.41, 5.74) is 5.51. The first-order chi connectivity index (χ1) is 14.0. The smallest absolute Gasteiger partial charge is 0.317 e. The lowest BCUT2D eigenvalue weighted by Crippen LogP contribution is -2.47. The van der Waals surface area contributed by atoms with E-state index in [0.717, 1.165) is 9.80 Å². The molecule has 0 bridgehead atoms. The number of aliphatic carboxylic acids is 4. The van der Waals surface area contributed by atoms with Crippen molar-refractivity contribution in [1.82, 2.24) is 14.7 Å². The van der Waals surface area contributed by atoms with Gasteiger partial charge < -0.3 is 35.9 Å². The molecule has 0 saturated heterocycles. The van der Waals surface area contributed by atoms with Crippen molar-refractivity contribution in [3.63, 3.8) is 0 Å². The number of hydrogen-bond acceptors (Lipinski definition) is 10. The van der Waals surface area contributed by atoms with E-state index in [1.54, 1.807) is 0 Å². The van der Waals surface area contributed by atoms with Gasteiger partial charge in [-0.05, 0) is 13.0 Å². The zero-order valence-electron chi connectivity index (χ0n) is 16.3. The number of nitrogens with zero attached hydrogens (tertiary/aromatic N) is 3. The molecule has 0 aliphatic heterocycles. The maximum atomic E-state index is 10.9. The highest BCUT2D eigenvalue weighted by Crippen LogP contribution is 2.35. The second kappa shape index (κ2) is 15.0. The molecule has 8 N–H and O–H groups in total. The Hall–Kier alpha value is -1.93. The maximum absolute atomic E-state index is 10.9. The van der Waals surface area contributed by atoms with Crippen molar-refractivity contribution in [1.29, 1.82) is 0 Å². The molecule has 0 radical (unpaired) electrons. The van der Waals surface area contributed by atoms with E-state index in [9.17, 15) is 29.0 Å². The van der Waals surface area contributed by atoms with Gasteiger partial charge in [0.15, 0.2) is 8.38 Å². The van der Waals surface area contributed by atoms with Crippen LogP contribution in [0.25, 0.3) is 0 Å². The molecule has 0 aromatic heterocycles. The normalized spacial score (nSPS) is 12.6. The minimum Gasteiger partial charge on any atom is -0.480 e. The Balaban J connectivity index is 5.32. The lowest BCUT2D eigenvalue weighted by Gasteiger charge is -2.34. The number of carboxylic acids is 4. The van der Waals surface area contributed by atoms with E-state index >= 15 is 0 Å². The van der Waals surface area contributed by atoms with Gasteiger partial charge in [0, 0.05) is 26.2 Å². The monoisotopic (exact) mass is 456 g/mol. The van der Waals surface area contributed by atoms with Gasteiger partial charge >= 0.3 is 23.9 Å². The highest BCUT2D eigenvalue weighted by molar-refractivity contribution is 7.45. The standard InChI is InChI=1S/C15H29N4O10P/c16-2-1-11(30(28)29)19(5-3-17(7-12(20)21)8-13(22)23)6-4-18(9-14(24)25)10-15(26)27/h11,28-29H,1-10,16H2,(H,20,21)(H,22,23)(H,24,25)(H,26,27). The van der Waals surface area contributed by atoms with Crippen molar-refractivity contribution in [2.45, 2.75) is 12.2 Å². The Morgan fingerprint density at radius 3 is 1.27 bits per heavy atom. The van der Waals surface area contributed by atoms with Crippen LogP contribution in [-0.4, -0.2) is 133 Å². The topological polar surface area (TPSA) is 225 Å². The molecular weight excluding hydrogens is 427 g/mol. The minimum absolute atomic E-state index is 0.0269. The minimum atomic E-state index is -2.49. The third-order valence-corrected chi connectivity index (χ3v) is 5.07. The van der Waals surface area contributed by atoms with Crippen LogP contribution in [0.4, 0.5) is 0 Å². The molecule has 15 heteroatoms. The van der Waals surface area contributed by atoms with E-state index in [1.807, 2.05) is 0 Å². The zero-order chi connectivity index (χ0) is 23.3. The molecular formula is C15H29N4O10P. The largest absolute Gasteiger partial charge is 0.480 e. The molecule has 1 atom stereocenters. The van der Waals surface area contributed by atoms with Gasteiger partial charge in [0.05, 0.1) is 32.0 Å². The second-order valence-corrected chi connectivity index (χ2v) is 7.65. The van der Waals surface area contributed by atoms with Crippen LogP contribution in [0.1, 0.15) is 6.42 Å². The predicted molar refractivity (Wildman–Crippen MR) is 104 cm³/mol. The average molecular weight is 456 g/mol. The van der Waals surface area contributed by atoms with E-state index in [2.05, 4.69) is 0 Å². The molecule has 0 aliphatic carbocycles. The molecule has 174 valence electrons. The van der Waals surface area contributed by atoms with Gasteiger partial charge in [0.2, 0.25) is 0 Å². The van der Waals surface area contributed by atoms with Crippen LogP contribution in [0, 0.1) is 0 Å². The predicted octanol–water partition coefficient (Wildman–Crippen LogP) is -2.80. The van der Waals surface area contributed by atoms with Crippen molar-refractivity contribution in [2.24, 2.45) is 5.73 Å². The van der Waals surface area contributed by atoms with Crippen molar-refractivity contribution in [2.75, 3.05) is 58.9 Å². The first-order valence-electron chi connectivity index (χ1n) is 8.89. The molecule has 0 spiro atoms. The van der Waals surface area contributed by atoms with Gasteiger partial charge in [-0.15, -0.1) is 0 Å². The van der Waals surface area contributed by atoms with Crippen LogP contribution >= 0.6 is 8.38 Å². The summed E-state index contributed by atoms with van der Waals surface area (Å²) in [5.74, 6) is -5.77. The third-order valence-electron chi connectivity index (χ3n) is 3.96. The molecule has 0 aliphatic rings. The number of carboxylic acid groups (broad SMARTS) is 4. The van der Waals surface area contributed by atoms with Gasteiger partial charge in [0.1, 0.15) is 0 Å². The molecule has 0 saturated carbocycles. The molecule has 0 aromatic rings. The van der Waals surface area contributed by atoms with E-state index in [4.69, 9.17) is 26.2 Å². The van der Waals surface area contributed by atoms with Crippen molar-refractivity contribution in [3.05, 3.63) is 0 Å². The molecule has 30 heavy (non-hydrogen) atoms. The fraction of sp³-hybridized carbons (Fsp3) is 0.733. The van der Waals surface area contributed by atoms with Gasteiger partial charge in [-0.2, -0.15) is 0 Å². The van der Waals surface area contributed by atoms with Crippen LogP contribution in [0.2, 0.25) is 0 Å². The fourth-order valence-corrected chi connectivity index (χ4v) is 3.64. The van der Waals surface area contributed by atoms with Gasteiger partial charge in [-0.25, -0.2) is 0 Å². The summed E-state index contributed by atoms with van der Waals surface area (Å²) in [6, 6.07) is 0. The van der Waals surface area contributed by atoms with Crippen molar-refractivity contribution in [3.8, 4) is 0 Å². The van der Waals surface area contributed by atoms with E-state index in [0.29, 0.717) is 0 Å². The fourth-order valence-electron chi connectivity index (χ4n) is 2.74. The molecule has 1 unspecified atom stereocenters. The van der Waals surface area contributed by atoms with Crippen molar-refractivity contribution >= 4 is 32.3 Å². The Labute approximate surface area is 174 Å². The van der Waals surface area contributed by atoms with Gasteiger partial charge in [-0.1, -0.05) is 0 Å². The van der Waals surface area contributed by atoms with Gasteiger partial charge in [0.25, 0.3) is 0 Å². The summed E-state index contributed by atoms with van der Waals surface area (Å²) in [7, 11) is -2.49. The number of carbonyl (C=O) groups is 4. The Kier molecular flexibility index (Phi) is 14.0. The van der Waals surface area contributed by atoms with Gasteiger partial charge in [-0.3, -0.25) is 33.9 Å². The number of rotatable bonds is 18. The maximum Gasteiger partial charge on any atom is 0.317 e. The highest BCUT2D eigenvalue weighted by Gasteiger charge is 2.27. The molecule has 0 aromatic carbocycles. The summed E-state index contributed by atoms with van der Waals surface area (Å²) in [5, 5.41) is 35.7. The van der Waals surface area contributed by atoms with E-state index in [1.165, 1.54) is 4.90 Å². The van der Waals surface area contributed by atoms with Crippen LogP contribution in [0.3, 0.4) is 0 Å².